The average Bonchev–Trinajstić information content (AvgIpc) is 3.53. The van der Waals surface area contributed by atoms with Gasteiger partial charge in [-0.25, -0.2) is 14.4 Å². The first-order chi connectivity index (χ1) is 19.3. The van der Waals surface area contributed by atoms with Crippen LogP contribution in [0.1, 0.15) is 71.4 Å². The molecule has 0 aromatic heterocycles. The van der Waals surface area contributed by atoms with Crippen LogP contribution in [-0.4, -0.2) is 78.9 Å². The Hall–Kier alpha value is -3.50. The molecule has 1 unspecified atom stereocenters. The second-order valence-corrected chi connectivity index (χ2v) is 13.0. The number of carbonyl (C=O) groups excluding carboxylic acids is 4. The zero-order valence-corrected chi connectivity index (χ0v) is 25.0. The number of amides is 3. The molecule has 226 valence electrons. The van der Waals surface area contributed by atoms with Crippen LogP contribution >= 0.6 is 0 Å². The summed E-state index contributed by atoms with van der Waals surface area (Å²) in [5.41, 5.74) is 0.980. The lowest BCUT2D eigenvalue weighted by Crippen LogP contribution is -2.57. The Morgan fingerprint density at radius 3 is 2.56 bits per heavy atom. The molecule has 0 radical (unpaired) electrons. The lowest BCUT2D eigenvalue weighted by molar-refractivity contribution is -0.152. The molecule has 3 heterocycles. The van der Waals surface area contributed by atoms with E-state index in [0.717, 1.165) is 36.1 Å². The van der Waals surface area contributed by atoms with Gasteiger partial charge in [0.15, 0.2) is 0 Å². The van der Waals surface area contributed by atoms with Crippen LogP contribution in [0.25, 0.3) is 0 Å². The highest BCUT2D eigenvalue weighted by molar-refractivity contribution is 5.91. The summed E-state index contributed by atoms with van der Waals surface area (Å²) in [6.07, 6.45) is 0.643. The number of hydrogen-bond acceptors (Lipinski definition) is 8. The molecular formula is C30H43N3O8. The van der Waals surface area contributed by atoms with E-state index in [1.807, 2.05) is 52.8 Å². The van der Waals surface area contributed by atoms with Crippen molar-refractivity contribution >= 4 is 24.1 Å². The second-order valence-electron chi connectivity index (χ2n) is 13.0. The van der Waals surface area contributed by atoms with Gasteiger partial charge in [-0.15, -0.1) is 0 Å². The van der Waals surface area contributed by atoms with Crippen LogP contribution < -0.4 is 10.1 Å². The van der Waals surface area contributed by atoms with Gasteiger partial charge in [-0.1, -0.05) is 46.8 Å². The fraction of sp³-hybridized carbons (Fsp3) is 0.667. The van der Waals surface area contributed by atoms with Crippen LogP contribution in [0.2, 0.25) is 0 Å². The largest absolute Gasteiger partial charge is 0.493 e. The van der Waals surface area contributed by atoms with E-state index < -0.39 is 47.7 Å². The molecule has 4 rings (SSSR count). The highest BCUT2D eigenvalue weighted by Gasteiger charge is 2.47. The summed E-state index contributed by atoms with van der Waals surface area (Å²) >= 11 is 0. The second kappa shape index (κ2) is 12.2. The van der Waals surface area contributed by atoms with Crippen molar-refractivity contribution in [2.45, 2.75) is 91.6 Å². The topological polar surface area (TPSA) is 124 Å². The zero-order valence-electron chi connectivity index (χ0n) is 25.0. The molecule has 0 aliphatic carbocycles. The summed E-state index contributed by atoms with van der Waals surface area (Å²) < 4.78 is 22.5. The summed E-state index contributed by atoms with van der Waals surface area (Å²) in [5.74, 6) is -0.331. The summed E-state index contributed by atoms with van der Waals surface area (Å²) in [6.45, 7) is 11.0. The molecule has 41 heavy (non-hydrogen) atoms. The van der Waals surface area contributed by atoms with Gasteiger partial charge in [0.1, 0.15) is 23.9 Å². The number of esters is 1. The van der Waals surface area contributed by atoms with E-state index in [2.05, 4.69) is 5.32 Å². The van der Waals surface area contributed by atoms with E-state index >= 15 is 0 Å². The molecular weight excluding hydrogens is 530 g/mol. The SMILES string of the molecule is COC(=O)C1C[C@@H]2CN1C(=O)[C@H](C(C)(C)C)NC(=O)OCC(C)(C)CCCCOc1cccc3c1CN(C3)C(=O)O2. The van der Waals surface area contributed by atoms with E-state index in [0.29, 0.717) is 19.7 Å². The van der Waals surface area contributed by atoms with Crippen molar-refractivity contribution in [2.75, 3.05) is 26.9 Å². The first-order valence-corrected chi connectivity index (χ1v) is 14.3. The molecule has 3 amide bonds. The van der Waals surface area contributed by atoms with Crippen molar-refractivity contribution in [3.63, 3.8) is 0 Å². The molecule has 1 aromatic rings. The quantitative estimate of drug-likeness (QED) is 0.395. The minimum atomic E-state index is -0.988. The van der Waals surface area contributed by atoms with Gasteiger partial charge in [0, 0.05) is 18.5 Å². The number of carbonyl (C=O) groups is 4. The Bertz CT molecular complexity index is 1160. The summed E-state index contributed by atoms with van der Waals surface area (Å²) in [4.78, 5) is 55.6. The highest BCUT2D eigenvalue weighted by Crippen LogP contribution is 2.33. The summed E-state index contributed by atoms with van der Waals surface area (Å²) in [5, 5.41) is 2.73. The number of methoxy groups -OCH3 is 1. The molecule has 3 atom stereocenters. The van der Waals surface area contributed by atoms with Crippen molar-refractivity contribution in [1.29, 1.82) is 0 Å². The number of ether oxygens (including phenoxy) is 4. The molecule has 1 aromatic carbocycles. The third-order valence-electron chi connectivity index (χ3n) is 7.96. The van der Waals surface area contributed by atoms with Crippen LogP contribution in [0, 0.1) is 10.8 Å². The van der Waals surface area contributed by atoms with Crippen LogP contribution in [0.4, 0.5) is 9.59 Å². The van der Waals surface area contributed by atoms with Crippen molar-refractivity contribution in [3.8, 4) is 5.75 Å². The molecule has 0 spiro atoms. The number of hydrogen-bond donors (Lipinski definition) is 1. The predicted octanol–water partition coefficient (Wildman–Crippen LogP) is 4.01. The maximum Gasteiger partial charge on any atom is 0.410 e. The maximum atomic E-state index is 13.9. The fourth-order valence-corrected chi connectivity index (χ4v) is 5.55. The molecule has 3 aliphatic rings. The van der Waals surface area contributed by atoms with E-state index in [-0.39, 0.29) is 25.0 Å². The minimum Gasteiger partial charge on any atom is -0.493 e. The monoisotopic (exact) mass is 573 g/mol. The van der Waals surface area contributed by atoms with E-state index in [1.165, 1.54) is 12.0 Å². The minimum absolute atomic E-state index is 0.00414. The first kappa shape index (κ1) is 30.5. The normalized spacial score (nSPS) is 25.8. The van der Waals surface area contributed by atoms with Crippen molar-refractivity contribution < 1.29 is 38.1 Å². The van der Waals surface area contributed by atoms with Crippen LogP contribution in [0.15, 0.2) is 18.2 Å². The van der Waals surface area contributed by atoms with Crippen molar-refractivity contribution in [3.05, 3.63) is 29.3 Å². The third-order valence-corrected chi connectivity index (χ3v) is 7.96. The van der Waals surface area contributed by atoms with Crippen LogP contribution in [-0.2, 0) is 36.9 Å². The molecule has 4 bridgehead atoms. The van der Waals surface area contributed by atoms with Gasteiger partial charge in [-0.3, -0.25) is 9.69 Å². The number of alkyl carbamates (subject to hydrolysis) is 1. The zero-order chi connectivity index (χ0) is 29.9. The number of nitrogens with zero attached hydrogens (tertiary/aromatic N) is 2. The maximum absolute atomic E-state index is 13.9. The van der Waals surface area contributed by atoms with E-state index in [1.54, 1.807) is 4.90 Å². The number of cyclic esters (lactones) is 1. The van der Waals surface area contributed by atoms with Crippen molar-refractivity contribution in [1.82, 2.24) is 15.1 Å². The standard InChI is InChI=1S/C30H43N3O8/c1-29(2,3)24-25(34)33-16-20(14-22(33)26(35)38-6)41-28(37)32-15-19-10-9-11-23(21(19)17-32)39-13-8-7-12-30(4,5)18-40-27(36)31-24/h9-11,20,22,24H,7-8,12-18H2,1-6H3,(H,31,36)/t20-,22?,24-/m1/s1. The number of fused-ring (bicyclic) bond motifs is 3. The highest BCUT2D eigenvalue weighted by atomic mass is 16.6. The molecule has 1 saturated heterocycles. The molecule has 3 aliphatic heterocycles. The fourth-order valence-electron chi connectivity index (χ4n) is 5.55. The van der Waals surface area contributed by atoms with Crippen molar-refractivity contribution in [2.24, 2.45) is 10.8 Å². The van der Waals surface area contributed by atoms with Gasteiger partial charge in [-0.2, -0.15) is 0 Å². The van der Waals surface area contributed by atoms with Gasteiger partial charge in [0.25, 0.3) is 0 Å². The lowest BCUT2D eigenvalue weighted by atomic mass is 9.85. The third kappa shape index (κ3) is 7.23. The van der Waals surface area contributed by atoms with E-state index in [4.69, 9.17) is 18.9 Å². The molecule has 1 fully saturated rings. The van der Waals surface area contributed by atoms with Gasteiger partial charge < -0.3 is 29.2 Å². The Balaban J connectivity index is 1.60. The first-order valence-electron chi connectivity index (χ1n) is 14.3. The molecule has 11 nitrogen and oxygen atoms in total. The number of rotatable bonds is 1. The van der Waals surface area contributed by atoms with Gasteiger partial charge >= 0.3 is 18.2 Å². The van der Waals surface area contributed by atoms with Crippen LogP contribution in [0.3, 0.4) is 0 Å². The van der Waals surface area contributed by atoms with E-state index in [9.17, 15) is 19.2 Å². The average molecular weight is 574 g/mol. The Kier molecular flexibility index (Phi) is 9.03. The smallest absolute Gasteiger partial charge is 0.410 e. The Labute approximate surface area is 241 Å². The Morgan fingerprint density at radius 1 is 1.10 bits per heavy atom. The number of benzene rings is 1. The summed E-state index contributed by atoms with van der Waals surface area (Å²) in [7, 11) is 1.25. The van der Waals surface area contributed by atoms with Crippen LogP contribution in [0.5, 0.6) is 5.75 Å². The van der Waals surface area contributed by atoms with Gasteiger partial charge in [0.2, 0.25) is 5.91 Å². The van der Waals surface area contributed by atoms with Gasteiger partial charge in [-0.05, 0) is 41.7 Å². The predicted molar refractivity (Wildman–Crippen MR) is 149 cm³/mol. The lowest BCUT2D eigenvalue weighted by Gasteiger charge is -2.35. The summed E-state index contributed by atoms with van der Waals surface area (Å²) in [6, 6.07) is 3.85. The molecule has 0 saturated carbocycles. The molecule has 1 N–H and O–H groups in total. The number of nitrogens with one attached hydrogen (secondary N) is 1. The van der Waals surface area contributed by atoms with Gasteiger partial charge in [0.05, 0.1) is 33.4 Å². The Morgan fingerprint density at radius 2 is 1.85 bits per heavy atom. The molecule has 11 heteroatoms.